The van der Waals surface area contributed by atoms with Gasteiger partial charge in [-0.3, -0.25) is 4.79 Å². The predicted molar refractivity (Wildman–Crippen MR) is 105 cm³/mol. The van der Waals surface area contributed by atoms with Gasteiger partial charge in [0.05, 0.1) is 5.41 Å². The van der Waals surface area contributed by atoms with E-state index in [0.29, 0.717) is 0 Å². The first-order valence-corrected chi connectivity index (χ1v) is 9.22. The molecule has 0 bridgehead atoms. The molecular formula is C25H20O. The van der Waals surface area contributed by atoms with Crippen molar-refractivity contribution >= 4 is 11.9 Å². The SMILES string of the molecule is O=C1c2ccccc2C[C@@]1(Cc1ccccc1)C1=Cc2ccccc2C1. The topological polar surface area (TPSA) is 17.1 Å². The highest BCUT2D eigenvalue weighted by molar-refractivity contribution is 6.08. The van der Waals surface area contributed by atoms with E-state index >= 15 is 0 Å². The van der Waals surface area contributed by atoms with E-state index in [1.807, 2.05) is 24.3 Å². The van der Waals surface area contributed by atoms with Gasteiger partial charge >= 0.3 is 0 Å². The zero-order valence-corrected chi connectivity index (χ0v) is 14.6. The number of allylic oxidation sites excluding steroid dienone is 1. The Hall–Kier alpha value is -2.93. The van der Waals surface area contributed by atoms with Gasteiger partial charge in [-0.15, -0.1) is 0 Å². The summed E-state index contributed by atoms with van der Waals surface area (Å²) in [6.45, 7) is 0. The molecule has 26 heavy (non-hydrogen) atoms. The Morgan fingerprint density at radius 2 is 1.46 bits per heavy atom. The molecule has 0 amide bonds. The van der Waals surface area contributed by atoms with Gasteiger partial charge in [-0.05, 0) is 41.5 Å². The normalized spacial score (nSPS) is 20.6. The van der Waals surface area contributed by atoms with Crippen LogP contribution in [0.15, 0.2) is 84.4 Å². The van der Waals surface area contributed by atoms with E-state index in [0.717, 1.165) is 24.8 Å². The first kappa shape index (κ1) is 15.3. The summed E-state index contributed by atoms with van der Waals surface area (Å²) in [7, 11) is 0. The van der Waals surface area contributed by atoms with Crippen LogP contribution in [0.25, 0.3) is 6.08 Å². The number of carbonyl (C=O) groups excluding carboxylic acids is 1. The largest absolute Gasteiger partial charge is 0.293 e. The number of fused-ring (bicyclic) bond motifs is 2. The number of Topliss-reactive ketones (excluding diaryl/α,β-unsaturated/α-hetero) is 1. The van der Waals surface area contributed by atoms with Crippen molar-refractivity contribution in [3.05, 3.63) is 112 Å². The summed E-state index contributed by atoms with van der Waals surface area (Å²) < 4.78 is 0. The molecule has 5 rings (SSSR count). The van der Waals surface area contributed by atoms with Crippen LogP contribution in [0.2, 0.25) is 0 Å². The van der Waals surface area contributed by atoms with Crippen molar-refractivity contribution in [2.75, 3.05) is 0 Å². The Balaban J connectivity index is 1.63. The van der Waals surface area contributed by atoms with Crippen LogP contribution in [0.5, 0.6) is 0 Å². The summed E-state index contributed by atoms with van der Waals surface area (Å²) in [6.07, 6.45) is 4.71. The number of ketones is 1. The second kappa shape index (κ2) is 5.81. The van der Waals surface area contributed by atoms with Gasteiger partial charge in [0.1, 0.15) is 0 Å². The molecule has 0 aromatic heterocycles. The van der Waals surface area contributed by atoms with E-state index < -0.39 is 5.41 Å². The number of rotatable bonds is 3. The molecule has 0 fully saturated rings. The van der Waals surface area contributed by atoms with Crippen LogP contribution in [0.4, 0.5) is 0 Å². The van der Waals surface area contributed by atoms with Crippen LogP contribution in [0, 0.1) is 5.41 Å². The van der Waals surface area contributed by atoms with Crippen molar-refractivity contribution in [1.29, 1.82) is 0 Å². The lowest BCUT2D eigenvalue weighted by Crippen LogP contribution is -2.33. The third kappa shape index (κ3) is 2.28. The Labute approximate surface area is 154 Å². The summed E-state index contributed by atoms with van der Waals surface area (Å²) in [6, 6.07) is 27.1. The fourth-order valence-corrected chi connectivity index (χ4v) is 4.61. The van der Waals surface area contributed by atoms with Crippen molar-refractivity contribution in [3.8, 4) is 0 Å². The highest BCUT2D eigenvalue weighted by Crippen LogP contribution is 2.48. The third-order valence-electron chi connectivity index (χ3n) is 5.92. The highest BCUT2D eigenvalue weighted by Gasteiger charge is 2.48. The molecule has 0 spiro atoms. The fraction of sp³-hybridized carbons (Fsp3) is 0.160. The first-order chi connectivity index (χ1) is 12.8. The summed E-state index contributed by atoms with van der Waals surface area (Å²) >= 11 is 0. The molecule has 0 unspecified atom stereocenters. The number of hydrogen-bond acceptors (Lipinski definition) is 1. The molecule has 0 heterocycles. The van der Waals surface area contributed by atoms with E-state index in [1.54, 1.807) is 0 Å². The molecule has 3 aromatic rings. The Bertz CT molecular complexity index is 1030. The summed E-state index contributed by atoms with van der Waals surface area (Å²) in [5, 5.41) is 0. The van der Waals surface area contributed by atoms with E-state index in [9.17, 15) is 4.79 Å². The smallest absolute Gasteiger partial charge is 0.174 e. The van der Waals surface area contributed by atoms with Crippen LogP contribution in [-0.2, 0) is 19.3 Å². The van der Waals surface area contributed by atoms with Gasteiger partial charge in [0.2, 0.25) is 0 Å². The molecule has 0 N–H and O–H groups in total. The minimum absolute atomic E-state index is 0.288. The average molecular weight is 336 g/mol. The van der Waals surface area contributed by atoms with Gasteiger partial charge in [-0.2, -0.15) is 0 Å². The molecule has 0 radical (unpaired) electrons. The molecule has 1 atom stereocenters. The molecule has 0 saturated heterocycles. The van der Waals surface area contributed by atoms with Crippen molar-refractivity contribution in [2.45, 2.75) is 19.3 Å². The maximum Gasteiger partial charge on any atom is 0.174 e. The molecular weight excluding hydrogens is 316 g/mol. The van der Waals surface area contributed by atoms with E-state index in [-0.39, 0.29) is 5.78 Å². The maximum absolute atomic E-state index is 13.6. The van der Waals surface area contributed by atoms with Gasteiger partial charge in [0.15, 0.2) is 5.78 Å². The average Bonchev–Trinajstić information content (AvgIpc) is 3.23. The number of hydrogen-bond donors (Lipinski definition) is 0. The van der Waals surface area contributed by atoms with E-state index in [2.05, 4.69) is 60.7 Å². The van der Waals surface area contributed by atoms with Gasteiger partial charge in [-0.25, -0.2) is 0 Å². The zero-order valence-electron chi connectivity index (χ0n) is 14.6. The second-order valence-corrected chi connectivity index (χ2v) is 7.45. The Kier molecular flexibility index (Phi) is 3.43. The molecule has 1 nitrogen and oxygen atoms in total. The molecule has 126 valence electrons. The Morgan fingerprint density at radius 3 is 2.23 bits per heavy atom. The van der Waals surface area contributed by atoms with Crippen LogP contribution in [0.1, 0.15) is 32.6 Å². The minimum atomic E-state index is -0.454. The molecule has 0 aliphatic heterocycles. The molecule has 2 aliphatic carbocycles. The fourth-order valence-electron chi connectivity index (χ4n) is 4.61. The summed E-state index contributed by atoms with van der Waals surface area (Å²) in [5.74, 6) is 0.288. The monoisotopic (exact) mass is 336 g/mol. The highest BCUT2D eigenvalue weighted by atomic mass is 16.1. The summed E-state index contributed by atoms with van der Waals surface area (Å²) in [4.78, 5) is 13.6. The van der Waals surface area contributed by atoms with Crippen molar-refractivity contribution < 1.29 is 4.79 Å². The van der Waals surface area contributed by atoms with Crippen molar-refractivity contribution in [3.63, 3.8) is 0 Å². The number of carbonyl (C=O) groups is 1. The third-order valence-corrected chi connectivity index (χ3v) is 5.92. The Morgan fingerprint density at radius 1 is 0.769 bits per heavy atom. The molecule has 0 saturated carbocycles. The summed E-state index contributed by atoms with van der Waals surface area (Å²) in [5.41, 5.74) is 6.72. The maximum atomic E-state index is 13.6. The lowest BCUT2D eigenvalue weighted by molar-refractivity contribution is 0.0861. The van der Waals surface area contributed by atoms with Crippen LogP contribution in [0.3, 0.4) is 0 Å². The van der Waals surface area contributed by atoms with Crippen molar-refractivity contribution in [1.82, 2.24) is 0 Å². The van der Waals surface area contributed by atoms with E-state index in [1.165, 1.54) is 27.8 Å². The van der Waals surface area contributed by atoms with Gasteiger partial charge in [0, 0.05) is 5.56 Å². The van der Waals surface area contributed by atoms with Crippen molar-refractivity contribution in [2.24, 2.45) is 5.41 Å². The lowest BCUT2D eigenvalue weighted by atomic mass is 9.71. The van der Waals surface area contributed by atoms with Crippen LogP contribution < -0.4 is 0 Å². The predicted octanol–water partition coefficient (Wildman–Crippen LogP) is 5.29. The standard InChI is InChI=1S/C25H20O/c26-24-23-13-7-6-12-21(23)17-25(24,16-18-8-2-1-3-9-18)22-14-19-10-4-5-11-20(19)15-22/h1-14H,15-17H2/t25-/m0/s1. The van der Waals surface area contributed by atoms with Gasteiger partial charge < -0.3 is 0 Å². The van der Waals surface area contributed by atoms with E-state index in [4.69, 9.17) is 0 Å². The van der Waals surface area contributed by atoms with Crippen LogP contribution >= 0.6 is 0 Å². The molecule has 1 heteroatoms. The lowest BCUT2D eigenvalue weighted by Gasteiger charge is -2.29. The minimum Gasteiger partial charge on any atom is -0.293 e. The van der Waals surface area contributed by atoms with Crippen LogP contribution in [-0.4, -0.2) is 5.78 Å². The van der Waals surface area contributed by atoms with Gasteiger partial charge in [-0.1, -0.05) is 90.5 Å². The zero-order chi connectivity index (χ0) is 17.6. The second-order valence-electron chi connectivity index (χ2n) is 7.45. The first-order valence-electron chi connectivity index (χ1n) is 9.22. The molecule has 2 aliphatic rings. The quantitative estimate of drug-likeness (QED) is 0.635. The number of benzene rings is 3. The molecule has 3 aromatic carbocycles. The van der Waals surface area contributed by atoms with Gasteiger partial charge in [0.25, 0.3) is 0 Å².